The van der Waals surface area contributed by atoms with Crippen molar-refractivity contribution in [1.29, 1.82) is 0 Å². The van der Waals surface area contributed by atoms with E-state index in [4.69, 9.17) is 32.7 Å². The zero-order chi connectivity index (χ0) is 13.3. The highest BCUT2D eigenvalue weighted by atomic mass is 35.5. The molecule has 1 aliphatic heterocycles. The second-order valence-electron chi connectivity index (χ2n) is 3.87. The summed E-state index contributed by atoms with van der Waals surface area (Å²) in [5.74, 6) is -0.490. The number of rotatable bonds is 2. The van der Waals surface area contributed by atoms with Gasteiger partial charge >= 0.3 is 5.97 Å². The molecule has 0 radical (unpaired) electrons. The topological polar surface area (TPSA) is 44.8 Å². The predicted octanol–water partition coefficient (Wildman–Crippen LogP) is 2.97. The molecule has 0 bridgehead atoms. The molecule has 3 atom stereocenters. The Bertz CT molecular complexity index is 463. The molecule has 1 fully saturated rings. The van der Waals surface area contributed by atoms with E-state index in [0.29, 0.717) is 15.6 Å². The zero-order valence-electron chi connectivity index (χ0n) is 9.85. The Kier molecular flexibility index (Phi) is 4.12. The monoisotopic (exact) mass is 290 g/mol. The largest absolute Gasteiger partial charge is 0.467 e. The number of benzene rings is 1. The summed E-state index contributed by atoms with van der Waals surface area (Å²) in [4.78, 5) is 11.6. The predicted molar refractivity (Wildman–Crippen MR) is 66.6 cm³/mol. The molecule has 98 valence electrons. The molecule has 1 aliphatic rings. The number of carbonyl (C=O) groups is 1. The molecule has 0 amide bonds. The van der Waals surface area contributed by atoms with Gasteiger partial charge in [-0.25, -0.2) is 4.79 Å². The van der Waals surface area contributed by atoms with Crippen LogP contribution in [-0.2, 0) is 19.0 Å². The Morgan fingerprint density at radius 2 is 2.06 bits per heavy atom. The van der Waals surface area contributed by atoms with Gasteiger partial charge in [0.05, 0.1) is 7.11 Å². The molecule has 18 heavy (non-hydrogen) atoms. The third-order valence-electron chi connectivity index (χ3n) is 2.65. The first-order valence-corrected chi connectivity index (χ1v) is 6.12. The van der Waals surface area contributed by atoms with Crippen molar-refractivity contribution < 1.29 is 19.0 Å². The van der Waals surface area contributed by atoms with Crippen LogP contribution in [0, 0.1) is 0 Å². The van der Waals surface area contributed by atoms with Gasteiger partial charge in [-0.1, -0.05) is 29.3 Å². The normalized spacial score (nSPS) is 27.2. The SMILES string of the molecule is COC(=O)C1OC(C)OC1c1ccc(Cl)cc1Cl. The lowest BCUT2D eigenvalue weighted by molar-refractivity contribution is -0.153. The lowest BCUT2D eigenvalue weighted by Gasteiger charge is -2.16. The van der Waals surface area contributed by atoms with Crippen molar-refractivity contribution in [3.63, 3.8) is 0 Å². The second-order valence-corrected chi connectivity index (χ2v) is 4.71. The van der Waals surface area contributed by atoms with Crippen LogP contribution in [0.3, 0.4) is 0 Å². The minimum absolute atomic E-state index is 0.430. The number of esters is 1. The lowest BCUT2D eigenvalue weighted by Crippen LogP contribution is -2.27. The Labute approximate surface area is 115 Å². The molecular weight excluding hydrogens is 279 g/mol. The molecule has 0 spiro atoms. The molecule has 6 heteroatoms. The van der Waals surface area contributed by atoms with Gasteiger partial charge in [0, 0.05) is 15.6 Å². The van der Waals surface area contributed by atoms with Gasteiger partial charge in [-0.15, -0.1) is 0 Å². The Hall–Kier alpha value is -0.810. The number of hydrogen-bond donors (Lipinski definition) is 0. The molecule has 3 unspecified atom stereocenters. The van der Waals surface area contributed by atoms with Gasteiger partial charge < -0.3 is 14.2 Å². The molecule has 1 aromatic rings. The summed E-state index contributed by atoms with van der Waals surface area (Å²) in [5, 5.41) is 0.949. The van der Waals surface area contributed by atoms with E-state index in [-0.39, 0.29) is 0 Å². The molecule has 0 saturated carbocycles. The number of hydrogen-bond acceptors (Lipinski definition) is 4. The Balaban J connectivity index is 2.32. The molecule has 1 heterocycles. The first-order chi connectivity index (χ1) is 8.52. The molecular formula is C12H12Cl2O4. The molecule has 0 N–H and O–H groups in total. The third kappa shape index (κ3) is 2.62. The number of methoxy groups -OCH3 is 1. The summed E-state index contributed by atoms with van der Waals surface area (Å²) < 4.78 is 15.6. The minimum Gasteiger partial charge on any atom is -0.467 e. The summed E-state index contributed by atoms with van der Waals surface area (Å²) in [5.41, 5.74) is 0.654. The fraction of sp³-hybridized carbons (Fsp3) is 0.417. The standard InChI is InChI=1S/C12H12Cl2O4/c1-6-17-10(11(18-6)12(15)16-2)8-4-3-7(13)5-9(8)14/h3-6,10-11H,1-2H3. The average molecular weight is 291 g/mol. The quantitative estimate of drug-likeness (QED) is 0.786. The van der Waals surface area contributed by atoms with Crippen LogP contribution in [0.2, 0.25) is 10.0 Å². The molecule has 1 aromatic carbocycles. The van der Waals surface area contributed by atoms with Crippen molar-refractivity contribution in [2.75, 3.05) is 7.11 Å². The zero-order valence-corrected chi connectivity index (χ0v) is 11.4. The highest BCUT2D eigenvalue weighted by Crippen LogP contribution is 2.37. The van der Waals surface area contributed by atoms with Crippen molar-refractivity contribution in [2.24, 2.45) is 0 Å². The summed E-state index contributed by atoms with van der Waals surface area (Å²) >= 11 is 11.9. The van der Waals surface area contributed by atoms with Gasteiger partial charge in [0.15, 0.2) is 12.4 Å². The van der Waals surface area contributed by atoms with E-state index < -0.39 is 24.5 Å². The highest BCUT2D eigenvalue weighted by Gasteiger charge is 2.41. The molecule has 4 nitrogen and oxygen atoms in total. The van der Waals surface area contributed by atoms with E-state index in [9.17, 15) is 4.79 Å². The minimum atomic E-state index is -0.816. The van der Waals surface area contributed by atoms with Crippen molar-refractivity contribution >= 4 is 29.2 Å². The molecule has 0 aliphatic carbocycles. The highest BCUT2D eigenvalue weighted by molar-refractivity contribution is 6.35. The molecule has 0 aromatic heterocycles. The maximum Gasteiger partial charge on any atom is 0.338 e. The maximum atomic E-state index is 11.6. The van der Waals surface area contributed by atoms with E-state index in [0.717, 1.165) is 0 Å². The van der Waals surface area contributed by atoms with Crippen LogP contribution < -0.4 is 0 Å². The van der Waals surface area contributed by atoms with Crippen LogP contribution in [0.5, 0.6) is 0 Å². The summed E-state index contributed by atoms with van der Waals surface area (Å²) in [6.45, 7) is 1.71. The van der Waals surface area contributed by atoms with Crippen molar-refractivity contribution in [2.45, 2.75) is 25.4 Å². The number of ether oxygens (including phenoxy) is 3. The maximum absolute atomic E-state index is 11.6. The van der Waals surface area contributed by atoms with Crippen molar-refractivity contribution in [3.05, 3.63) is 33.8 Å². The number of halogens is 2. The summed E-state index contributed by atoms with van der Waals surface area (Å²) in [6.07, 6.45) is -1.90. The van der Waals surface area contributed by atoms with E-state index in [2.05, 4.69) is 4.74 Å². The van der Waals surface area contributed by atoms with Crippen molar-refractivity contribution in [3.8, 4) is 0 Å². The fourth-order valence-electron chi connectivity index (χ4n) is 1.85. The van der Waals surface area contributed by atoms with Crippen LogP contribution in [0.25, 0.3) is 0 Å². The van der Waals surface area contributed by atoms with Crippen LogP contribution >= 0.6 is 23.2 Å². The molecule has 1 saturated heterocycles. The van der Waals surface area contributed by atoms with Gasteiger partial charge in [0.25, 0.3) is 0 Å². The number of carbonyl (C=O) groups excluding carboxylic acids is 1. The summed E-state index contributed by atoms with van der Waals surface area (Å²) in [7, 11) is 1.30. The van der Waals surface area contributed by atoms with Crippen LogP contribution in [0.15, 0.2) is 18.2 Å². The third-order valence-corrected chi connectivity index (χ3v) is 3.22. The van der Waals surface area contributed by atoms with Gasteiger partial charge in [0.2, 0.25) is 0 Å². The van der Waals surface area contributed by atoms with Gasteiger partial charge in [0.1, 0.15) is 6.10 Å². The van der Waals surface area contributed by atoms with Gasteiger partial charge in [-0.2, -0.15) is 0 Å². The Morgan fingerprint density at radius 3 is 2.67 bits per heavy atom. The summed E-state index contributed by atoms with van der Waals surface area (Å²) in [6, 6.07) is 5.00. The second kappa shape index (κ2) is 5.45. The fourth-order valence-corrected chi connectivity index (χ4v) is 2.37. The van der Waals surface area contributed by atoms with E-state index in [1.54, 1.807) is 25.1 Å². The smallest absolute Gasteiger partial charge is 0.338 e. The first-order valence-electron chi connectivity index (χ1n) is 5.36. The van der Waals surface area contributed by atoms with Crippen LogP contribution in [-0.4, -0.2) is 25.5 Å². The van der Waals surface area contributed by atoms with Crippen molar-refractivity contribution in [1.82, 2.24) is 0 Å². The van der Waals surface area contributed by atoms with Crippen LogP contribution in [0.4, 0.5) is 0 Å². The van der Waals surface area contributed by atoms with Crippen LogP contribution in [0.1, 0.15) is 18.6 Å². The molecule has 2 rings (SSSR count). The average Bonchev–Trinajstić information content (AvgIpc) is 2.70. The van der Waals surface area contributed by atoms with Gasteiger partial charge in [-0.3, -0.25) is 0 Å². The first kappa shape index (κ1) is 13.6. The Morgan fingerprint density at radius 1 is 1.33 bits per heavy atom. The van der Waals surface area contributed by atoms with E-state index in [1.165, 1.54) is 7.11 Å². The van der Waals surface area contributed by atoms with E-state index >= 15 is 0 Å². The lowest BCUT2D eigenvalue weighted by atomic mass is 10.0. The van der Waals surface area contributed by atoms with Gasteiger partial charge in [-0.05, 0) is 19.1 Å². The van der Waals surface area contributed by atoms with E-state index in [1.807, 2.05) is 0 Å².